The van der Waals surface area contributed by atoms with Crippen molar-refractivity contribution < 1.29 is 9.32 Å². The van der Waals surface area contributed by atoms with E-state index in [1.54, 1.807) is 7.05 Å². The van der Waals surface area contributed by atoms with Crippen LogP contribution in [0.2, 0.25) is 0 Å². The highest BCUT2D eigenvalue weighted by molar-refractivity contribution is 5.81. The first-order valence-electron chi connectivity index (χ1n) is 7.92. The van der Waals surface area contributed by atoms with E-state index in [-0.39, 0.29) is 11.3 Å². The van der Waals surface area contributed by atoms with E-state index < -0.39 is 0 Å². The standard InChI is InChI=1S/C16H29N5O2/c1-11(2)13-9-12(23-21-13)10-20-15(17-6)19-8-7-18-14(22)16(3,4)5/h9,11H,7-8,10H2,1-6H3,(H,18,22)(H2,17,19,20). The van der Waals surface area contributed by atoms with Crippen LogP contribution in [0.25, 0.3) is 0 Å². The van der Waals surface area contributed by atoms with Crippen LogP contribution in [0.5, 0.6) is 0 Å². The van der Waals surface area contributed by atoms with E-state index in [1.165, 1.54) is 0 Å². The molecule has 130 valence electrons. The normalized spacial score (nSPS) is 12.4. The fraction of sp³-hybridized carbons (Fsp3) is 0.688. The van der Waals surface area contributed by atoms with Crippen molar-refractivity contribution in [1.29, 1.82) is 0 Å². The number of amides is 1. The summed E-state index contributed by atoms with van der Waals surface area (Å²) < 4.78 is 5.26. The molecule has 1 rings (SSSR count). The predicted molar refractivity (Wildman–Crippen MR) is 91.3 cm³/mol. The molecule has 0 aliphatic heterocycles. The Balaban J connectivity index is 2.31. The van der Waals surface area contributed by atoms with Gasteiger partial charge in [-0.3, -0.25) is 9.79 Å². The molecule has 0 unspecified atom stereocenters. The lowest BCUT2D eigenvalue weighted by atomic mass is 9.96. The van der Waals surface area contributed by atoms with Gasteiger partial charge in [0.25, 0.3) is 0 Å². The SMILES string of the molecule is CN=C(NCCNC(=O)C(C)(C)C)NCc1cc(C(C)C)no1. The van der Waals surface area contributed by atoms with Gasteiger partial charge in [0.15, 0.2) is 11.7 Å². The van der Waals surface area contributed by atoms with Gasteiger partial charge in [0.2, 0.25) is 5.91 Å². The molecule has 1 heterocycles. The van der Waals surface area contributed by atoms with Gasteiger partial charge in [0.05, 0.1) is 12.2 Å². The van der Waals surface area contributed by atoms with Crippen LogP contribution in [0.4, 0.5) is 0 Å². The van der Waals surface area contributed by atoms with Gasteiger partial charge in [0.1, 0.15) is 0 Å². The first kappa shape index (κ1) is 19.0. The van der Waals surface area contributed by atoms with Crippen LogP contribution in [0, 0.1) is 5.41 Å². The fourth-order valence-corrected chi connectivity index (χ4v) is 1.70. The molecule has 7 heteroatoms. The van der Waals surface area contributed by atoms with Crippen molar-refractivity contribution >= 4 is 11.9 Å². The van der Waals surface area contributed by atoms with Crippen LogP contribution in [0.1, 0.15) is 52.0 Å². The van der Waals surface area contributed by atoms with Gasteiger partial charge in [-0.2, -0.15) is 0 Å². The molecule has 23 heavy (non-hydrogen) atoms. The Bertz CT molecular complexity index is 529. The zero-order valence-electron chi connectivity index (χ0n) is 15.0. The summed E-state index contributed by atoms with van der Waals surface area (Å²) >= 11 is 0. The van der Waals surface area contributed by atoms with Crippen molar-refractivity contribution in [2.45, 2.75) is 47.1 Å². The lowest BCUT2D eigenvalue weighted by Crippen LogP contribution is -2.43. The maximum absolute atomic E-state index is 11.7. The number of nitrogens with zero attached hydrogens (tertiary/aromatic N) is 2. The first-order valence-corrected chi connectivity index (χ1v) is 7.92. The second-order valence-electron chi connectivity index (χ2n) is 6.73. The summed E-state index contributed by atoms with van der Waals surface area (Å²) in [6.45, 7) is 11.4. The minimum Gasteiger partial charge on any atom is -0.359 e. The molecule has 0 aromatic carbocycles. The molecule has 0 fully saturated rings. The monoisotopic (exact) mass is 323 g/mol. The second-order valence-corrected chi connectivity index (χ2v) is 6.73. The number of carbonyl (C=O) groups excluding carboxylic acids is 1. The van der Waals surface area contributed by atoms with Crippen molar-refractivity contribution in [1.82, 2.24) is 21.1 Å². The molecule has 7 nitrogen and oxygen atoms in total. The highest BCUT2D eigenvalue weighted by atomic mass is 16.5. The summed E-state index contributed by atoms with van der Waals surface area (Å²) in [6.07, 6.45) is 0. The highest BCUT2D eigenvalue weighted by Crippen LogP contribution is 2.13. The number of rotatable bonds is 6. The molecular weight excluding hydrogens is 294 g/mol. The molecule has 1 aromatic rings. The number of nitrogens with one attached hydrogen (secondary N) is 3. The summed E-state index contributed by atoms with van der Waals surface area (Å²) in [5, 5.41) is 13.2. The number of carbonyl (C=O) groups is 1. The molecule has 0 bridgehead atoms. The van der Waals surface area contributed by atoms with Gasteiger partial charge in [-0.1, -0.05) is 39.8 Å². The van der Waals surface area contributed by atoms with Gasteiger partial charge in [-0.15, -0.1) is 0 Å². The van der Waals surface area contributed by atoms with Crippen molar-refractivity contribution in [3.05, 3.63) is 17.5 Å². The molecular formula is C16H29N5O2. The Morgan fingerprint density at radius 3 is 2.43 bits per heavy atom. The molecule has 1 amide bonds. The number of hydrogen-bond donors (Lipinski definition) is 3. The van der Waals surface area contributed by atoms with Gasteiger partial charge in [-0.25, -0.2) is 0 Å². The van der Waals surface area contributed by atoms with Crippen LogP contribution in [0.3, 0.4) is 0 Å². The van der Waals surface area contributed by atoms with Crippen molar-refractivity contribution in [2.24, 2.45) is 10.4 Å². The van der Waals surface area contributed by atoms with Gasteiger partial charge < -0.3 is 20.5 Å². The fourth-order valence-electron chi connectivity index (χ4n) is 1.70. The van der Waals surface area contributed by atoms with E-state index in [0.717, 1.165) is 11.5 Å². The Labute approximate surface area is 138 Å². The van der Waals surface area contributed by atoms with Crippen molar-refractivity contribution in [3.63, 3.8) is 0 Å². The maximum atomic E-state index is 11.7. The minimum absolute atomic E-state index is 0.0325. The van der Waals surface area contributed by atoms with Gasteiger partial charge >= 0.3 is 0 Å². The molecule has 1 aromatic heterocycles. The van der Waals surface area contributed by atoms with E-state index in [4.69, 9.17) is 4.52 Å². The maximum Gasteiger partial charge on any atom is 0.225 e. The molecule has 0 aliphatic rings. The number of aliphatic imine (C=N–C) groups is 1. The smallest absolute Gasteiger partial charge is 0.225 e. The number of aromatic nitrogens is 1. The number of guanidine groups is 1. The largest absolute Gasteiger partial charge is 0.359 e. The Kier molecular flexibility index (Phi) is 7.06. The van der Waals surface area contributed by atoms with E-state index in [9.17, 15) is 4.79 Å². The molecule has 0 spiro atoms. The molecule has 0 saturated heterocycles. The van der Waals surface area contributed by atoms with E-state index in [1.807, 2.05) is 26.8 Å². The molecule has 0 atom stereocenters. The second kappa shape index (κ2) is 8.55. The average molecular weight is 323 g/mol. The third-order valence-corrected chi connectivity index (χ3v) is 3.21. The predicted octanol–water partition coefficient (Wildman–Crippen LogP) is 1.63. The third kappa shape index (κ3) is 6.71. The Hall–Kier alpha value is -2.05. The van der Waals surface area contributed by atoms with E-state index >= 15 is 0 Å². The summed E-state index contributed by atoms with van der Waals surface area (Å²) in [5.41, 5.74) is 0.565. The summed E-state index contributed by atoms with van der Waals surface area (Å²) in [7, 11) is 1.70. The van der Waals surface area contributed by atoms with Crippen LogP contribution >= 0.6 is 0 Å². The number of hydrogen-bond acceptors (Lipinski definition) is 4. The lowest BCUT2D eigenvalue weighted by Gasteiger charge is -2.18. The Morgan fingerprint density at radius 2 is 1.91 bits per heavy atom. The molecule has 0 radical (unpaired) electrons. The van der Waals surface area contributed by atoms with Crippen molar-refractivity contribution in [3.8, 4) is 0 Å². The van der Waals surface area contributed by atoms with Crippen LogP contribution < -0.4 is 16.0 Å². The first-order chi connectivity index (χ1) is 10.7. The van der Waals surface area contributed by atoms with Crippen LogP contribution in [-0.2, 0) is 11.3 Å². The van der Waals surface area contributed by atoms with E-state index in [2.05, 4.69) is 39.9 Å². The lowest BCUT2D eigenvalue weighted by molar-refractivity contribution is -0.128. The molecule has 0 saturated carbocycles. The molecule has 0 aliphatic carbocycles. The zero-order valence-corrected chi connectivity index (χ0v) is 15.0. The summed E-state index contributed by atoms with van der Waals surface area (Å²) in [6, 6.07) is 1.94. The van der Waals surface area contributed by atoms with Crippen LogP contribution in [-0.4, -0.2) is 37.2 Å². The van der Waals surface area contributed by atoms with Crippen LogP contribution in [0.15, 0.2) is 15.6 Å². The van der Waals surface area contributed by atoms with Gasteiger partial charge in [-0.05, 0) is 5.92 Å². The third-order valence-electron chi connectivity index (χ3n) is 3.21. The molecule has 3 N–H and O–H groups in total. The quantitative estimate of drug-likeness (QED) is 0.420. The Morgan fingerprint density at radius 1 is 1.26 bits per heavy atom. The average Bonchev–Trinajstić information content (AvgIpc) is 2.94. The van der Waals surface area contributed by atoms with E-state index in [0.29, 0.717) is 31.5 Å². The van der Waals surface area contributed by atoms with Crippen molar-refractivity contribution in [2.75, 3.05) is 20.1 Å². The van der Waals surface area contributed by atoms with Gasteiger partial charge in [0, 0.05) is 31.6 Å². The summed E-state index contributed by atoms with van der Waals surface area (Å²) in [5.74, 6) is 1.79. The zero-order chi connectivity index (χ0) is 17.5. The topological polar surface area (TPSA) is 91.5 Å². The minimum atomic E-state index is -0.375. The summed E-state index contributed by atoms with van der Waals surface area (Å²) in [4.78, 5) is 15.9. The highest BCUT2D eigenvalue weighted by Gasteiger charge is 2.20.